The molecule has 0 unspecified atom stereocenters. The molecule has 6 heterocycles. The molecule has 0 aliphatic carbocycles. The number of rotatable bonds is 20. The summed E-state index contributed by atoms with van der Waals surface area (Å²) in [5.41, 5.74) is 8.27. The molecule has 17 rings (SSSR count). The third-order valence-corrected chi connectivity index (χ3v) is 19.0. The van der Waals surface area contributed by atoms with Gasteiger partial charge in [-0.2, -0.15) is 13.2 Å². The Morgan fingerprint density at radius 3 is 1.03 bits per heavy atom. The number of anilines is 5. The summed E-state index contributed by atoms with van der Waals surface area (Å²) in [5.74, 6) is 5.72. The number of amides is 5. The number of alkyl halides is 3. The summed E-state index contributed by atoms with van der Waals surface area (Å²) in [6.07, 6.45) is -0.248. The second kappa shape index (κ2) is 40.7. The number of carbonyl (C=O) groups is 5. The second-order valence-electron chi connectivity index (χ2n) is 27.8. The lowest BCUT2D eigenvalue weighted by Crippen LogP contribution is -2.16. The second-order valence-corrected chi connectivity index (χ2v) is 27.8. The molecule has 6 aliphatic rings. The Hall–Kier alpha value is -13.7. The highest BCUT2D eigenvalue weighted by molar-refractivity contribution is 5.94. The fourth-order valence-electron chi connectivity index (χ4n) is 13.0. The molecule has 0 atom stereocenters. The van der Waals surface area contributed by atoms with Crippen LogP contribution in [0.5, 0.6) is 69.0 Å². The molecule has 11 aromatic carbocycles. The van der Waals surface area contributed by atoms with E-state index >= 15 is 0 Å². The molecular weight excluding hydrogens is 1540 g/mol. The fourth-order valence-corrected chi connectivity index (χ4v) is 13.0. The molecule has 5 amide bonds. The molecule has 0 saturated heterocycles. The Morgan fingerprint density at radius 1 is 0.294 bits per heavy atom. The SMILES string of the molecule is Cc1ccc(CCC(=O)Nc2ccc3c(c2)OCCO3)cc1.O=C(CCc1ccc(F)c(F)c1)Nc1ccc2c(c1)OCCO2.O=C(CCc1ccc2c(c1)OCO2)Nc1ccc2c(c1)OCCO2.O=C(CCc1cccc(C(F)(F)F)c1)Nc1ccc2c(c1)OCCO2.O=C(CCc1cccc2ccccc12)Nc1ccc2c(c1)OCCO2. The minimum Gasteiger partial charge on any atom is -0.486 e. The van der Waals surface area contributed by atoms with E-state index in [0.717, 1.165) is 70.6 Å². The van der Waals surface area contributed by atoms with E-state index in [9.17, 15) is 45.9 Å². The smallest absolute Gasteiger partial charge is 0.416 e. The molecule has 27 heteroatoms. The Morgan fingerprint density at radius 2 is 0.613 bits per heavy atom. The monoisotopic (exact) mass is 1630 g/mol. The molecule has 0 aromatic heterocycles. The van der Waals surface area contributed by atoms with Crippen LogP contribution in [0, 0.1) is 18.6 Å². The zero-order valence-corrected chi connectivity index (χ0v) is 65.0. The topological polar surface area (TPSA) is 256 Å². The predicted octanol–water partition coefficient (Wildman–Crippen LogP) is 17.6. The maximum absolute atomic E-state index is 13.1. The summed E-state index contributed by atoms with van der Waals surface area (Å²) in [7, 11) is 0. The molecule has 6 aliphatic heterocycles. The summed E-state index contributed by atoms with van der Waals surface area (Å²) < 4.78 is 129. The molecule has 22 nitrogen and oxygen atoms in total. The number of ether oxygens (including phenoxy) is 12. The highest BCUT2D eigenvalue weighted by Crippen LogP contribution is 2.39. The molecule has 0 fully saturated rings. The van der Waals surface area contributed by atoms with Crippen LogP contribution in [0.3, 0.4) is 0 Å². The average molecular weight is 1630 g/mol. The lowest BCUT2D eigenvalue weighted by molar-refractivity contribution is -0.137. The molecule has 11 aromatic rings. The van der Waals surface area contributed by atoms with Crippen molar-refractivity contribution < 1.29 is 103 Å². The Bertz CT molecular complexity index is 5390. The standard InChI is InChI=1S/C21H19NO3.C18H16F3NO3.C18H17NO5.C18H19NO3.C17H15F2NO3/c23-21(22-17-9-10-19-20(14-17)25-13-12-24-19)11-8-16-6-3-5-15-4-1-2-7-18(15)16;19-18(20,21)13-3-1-2-12(10-13)4-7-17(23)22-14-5-6-15-16(11-14)25-9-8-24-15;20-18(6-2-12-1-4-15-16(9-12)24-11-23-15)19-13-3-5-14-17(10-13)22-8-7-21-14;1-13-2-4-14(5-3-13)6-9-18(20)19-15-7-8-16-17(12-15)22-11-10-21-16;18-13-4-1-11(9-14(13)19)2-6-17(21)20-12-3-5-15-16(10-12)23-8-7-22-15/h1-7,9-10,14H,8,11-13H2,(H,22,23);1-3,5-6,10-11H,4,7-9H2,(H,22,23);1,3-5,9-10H,2,6-8,11H2,(H,19,20);2-5,7-8,12H,6,9-11H2,1H3,(H,19,20);1,3-5,9-10H,2,6-8H2,(H,20,21). The van der Waals surface area contributed by atoms with Crippen LogP contribution in [0.1, 0.15) is 71.0 Å². The predicted molar refractivity (Wildman–Crippen MR) is 437 cm³/mol. The molecule has 616 valence electrons. The van der Waals surface area contributed by atoms with Gasteiger partial charge in [-0.15, -0.1) is 0 Å². The first-order chi connectivity index (χ1) is 57.8. The molecular formula is C92H86F5N5O17. The number of hydrogen-bond acceptors (Lipinski definition) is 17. The third-order valence-electron chi connectivity index (χ3n) is 19.0. The van der Waals surface area contributed by atoms with E-state index in [-0.39, 0.29) is 55.6 Å². The summed E-state index contributed by atoms with van der Waals surface area (Å²) in [6.45, 7) is 7.48. The van der Waals surface area contributed by atoms with Gasteiger partial charge < -0.3 is 83.4 Å². The number of carbonyl (C=O) groups excluding carboxylic acids is 5. The summed E-state index contributed by atoms with van der Waals surface area (Å²) >= 11 is 0. The van der Waals surface area contributed by atoms with Gasteiger partial charge in [0, 0.05) is 90.9 Å². The van der Waals surface area contributed by atoms with E-state index in [4.69, 9.17) is 56.8 Å². The van der Waals surface area contributed by atoms with Crippen LogP contribution >= 0.6 is 0 Å². The molecule has 5 N–H and O–H groups in total. The number of halogens is 5. The maximum Gasteiger partial charge on any atom is 0.416 e. The van der Waals surface area contributed by atoms with E-state index in [1.54, 1.807) is 54.6 Å². The Kier molecular flexibility index (Phi) is 28.5. The van der Waals surface area contributed by atoms with Gasteiger partial charge in [0.1, 0.15) is 66.1 Å². The zero-order valence-electron chi connectivity index (χ0n) is 65.0. The van der Waals surface area contributed by atoms with Crippen molar-refractivity contribution in [1.29, 1.82) is 0 Å². The molecule has 0 saturated carbocycles. The number of fused-ring (bicyclic) bond motifs is 7. The van der Waals surface area contributed by atoms with Gasteiger partial charge in [-0.3, -0.25) is 24.0 Å². The van der Waals surface area contributed by atoms with Crippen molar-refractivity contribution in [3.8, 4) is 69.0 Å². The molecule has 0 bridgehead atoms. The minimum atomic E-state index is -4.39. The molecule has 119 heavy (non-hydrogen) atoms. The normalized spacial score (nSPS) is 13.2. The van der Waals surface area contributed by atoms with Gasteiger partial charge in [0.2, 0.25) is 36.3 Å². The highest BCUT2D eigenvalue weighted by Gasteiger charge is 2.31. The van der Waals surface area contributed by atoms with Gasteiger partial charge in [0.15, 0.2) is 80.6 Å². The Balaban J connectivity index is 0.000000129. The zero-order chi connectivity index (χ0) is 82.9. The van der Waals surface area contributed by atoms with E-state index in [1.807, 2.05) is 78.9 Å². The van der Waals surface area contributed by atoms with Crippen molar-refractivity contribution in [2.45, 2.75) is 77.3 Å². The highest BCUT2D eigenvalue weighted by atomic mass is 19.4. The third kappa shape index (κ3) is 24.7. The first-order valence-corrected chi connectivity index (χ1v) is 38.8. The van der Waals surface area contributed by atoms with Crippen LogP contribution in [0.4, 0.5) is 50.4 Å². The van der Waals surface area contributed by atoms with Crippen LogP contribution in [-0.2, 0) is 62.3 Å². The molecule has 0 radical (unpaired) electrons. The van der Waals surface area contributed by atoms with Gasteiger partial charge in [-0.1, -0.05) is 103 Å². The van der Waals surface area contributed by atoms with Gasteiger partial charge in [0.05, 0.1) is 5.56 Å². The van der Waals surface area contributed by atoms with Crippen LogP contribution in [0.2, 0.25) is 0 Å². The fraction of sp³-hybridized carbons (Fsp3) is 0.250. The number of aryl methyl sites for hydroxylation is 6. The first-order valence-electron chi connectivity index (χ1n) is 38.8. The van der Waals surface area contributed by atoms with Crippen molar-refractivity contribution in [2.75, 3.05) is 99.4 Å². The van der Waals surface area contributed by atoms with Crippen LogP contribution < -0.4 is 83.4 Å². The minimum absolute atomic E-state index is 0.00254. The summed E-state index contributed by atoms with van der Waals surface area (Å²) in [6, 6.07) is 63.6. The van der Waals surface area contributed by atoms with Crippen molar-refractivity contribution in [2.24, 2.45) is 0 Å². The van der Waals surface area contributed by atoms with Gasteiger partial charge in [0.25, 0.3) is 0 Å². The number of nitrogens with one attached hydrogen (secondary N) is 5. The van der Waals surface area contributed by atoms with Crippen LogP contribution in [-0.4, -0.2) is 102 Å². The van der Waals surface area contributed by atoms with Crippen molar-refractivity contribution >= 4 is 68.7 Å². The van der Waals surface area contributed by atoms with Gasteiger partial charge >= 0.3 is 6.18 Å². The largest absolute Gasteiger partial charge is 0.486 e. The van der Waals surface area contributed by atoms with E-state index in [0.29, 0.717) is 179 Å². The summed E-state index contributed by atoms with van der Waals surface area (Å²) in [4.78, 5) is 60.5. The van der Waals surface area contributed by atoms with Crippen molar-refractivity contribution in [1.82, 2.24) is 0 Å². The van der Waals surface area contributed by atoms with Gasteiger partial charge in [-0.05, 0) is 169 Å². The number of benzene rings is 11. The average Bonchev–Trinajstić information content (AvgIpc) is 1.80. The first kappa shape index (κ1) is 83.2. The molecule has 0 spiro atoms. The van der Waals surface area contributed by atoms with E-state index in [2.05, 4.69) is 82.0 Å². The van der Waals surface area contributed by atoms with Crippen molar-refractivity contribution in [3.05, 3.63) is 269 Å². The maximum atomic E-state index is 13.1. The van der Waals surface area contributed by atoms with E-state index < -0.39 is 23.4 Å². The lowest BCUT2D eigenvalue weighted by Gasteiger charge is -2.19. The quantitative estimate of drug-likeness (QED) is 0.0445. The summed E-state index contributed by atoms with van der Waals surface area (Å²) in [5, 5.41) is 16.6. The number of hydrogen-bond donors (Lipinski definition) is 5. The van der Waals surface area contributed by atoms with Gasteiger partial charge in [-0.25, -0.2) is 8.78 Å². The van der Waals surface area contributed by atoms with Crippen LogP contribution in [0.15, 0.2) is 218 Å². The Labute approximate surface area is 683 Å². The lowest BCUT2D eigenvalue weighted by atomic mass is 10.0. The van der Waals surface area contributed by atoms with Crippen LogP contribution in [0.25, 0.3) is 10.8 Å². The van der Waals surface area contributed by atoms with E-state index in [1.165, 1.54) is 39.6 Å². The van der Waals surface area contributed by atoms with Crippen molar-refractivity contribution in [3.63, 3.8) is 0 Å².